The van der Waals surface area contributed by atoms with Crippen molar-refractivity contribution in [2.75, 3.05) is 13.1 Å². The van der Waals surface area contributed by atoms with Gasteiger partial charge < -0.3 is 5.32 Å². The van der Waals surface area contributed by atoms with Gasteiger partial charge in [0.15, 0.2) is 0 Å². The van der Waals surface area contributed by atoms with Crippen molar-refractivity contribution >= 4 is 0 Å². The lowest BCUT2D eigenvalue weighted by Gasteiger charge is -2.42. The van der Waals surface area contributed by atoms with E-state index in [1.807, 2.05) is 0 Å². The Balaban J connectivity index is 2.11. The van der Waals surface area contributed by atoms with Crippen LogP contribution in [0.5, 0.6) is 0 Å². The molecule has 2 unspecified atom stereocenters. The number of nitrogens with one attached hydrogen (secondary N) is 1. The molecule has 0 amide bonds. The summed E-state index contributed by atoms with van der Waals surface area (Å²) in [5.41, 5.74) is 2.49. The highest BCUT2D eigenvalue weighted by Gasteiger charge is 2.30. The molecule has 1 aromatic heterocycles. The summed E-state index contributed by atoms with van der Waals surface area (Å²) in [6.07, 6.45) is 2.53. The van der Waals surface area contributed by atoms with Gasteiger partial charge in [-0.1, -0.05) is 27.2 Å². The van der Waals surface area contributed by atoms with Gasteiger partial charge in [0.1, 0.15) is 0 Å². The maximum absolute atomic E-state index is 4.59. The normalized spacial score (nSPS) is 23.9. The Bertz CT molecular complexity index is 438. The standard InChI is InChI=1S/C17H32N4/c1-6-8-15-11-20(17(10-18-15)13(3)4)12-16-9-14(5)19-21(16)7-2/h9,13,15,17-18H,6-8,10-12H2,1-5H3. The molecule has 2 atom stereocenters. The molecule has 1 aliphatic rings. The molecule has 1 aliphatic heterocycles. The van der Waals surface area contributed by atoms with Gasteiger partial charge in [-0.3, -0.25) is 9.58 Å². The van der Waals surface area contributed by atoms with Gasteiger partial charge in [-0.2, -0.15) is 5.10 Å². The molecule has 0 saturated carbocycles. The summed E-state index contributed by atoms with van der Waals surface area (Å²) in [4.78, 5) is 2.67. The van der Waals surface area contributed by atoms with Gasteiger partial charge >= 0.3 is 0 Å². The zero-order chi connectivity index (χ0) is 15.4. The van der Waals surface area contributed by atoms with Crippen LogP contribution in [0.2, 0.25) is 0 Å². The third kappa shape index (κ3) is 4.07. The maximum atomic E-state index is 4.59. The first kappa shape index (κ1) is 16.5. The van der Waals surface area contributed by atoms with Crippen molar-refractivity contribution in [1.29, 1.82) is 0 Å². The van der Waals surface area contributed by atoms with Gasteiger partial charge in [0, 0.05) is 38.3 Å². The summed E-state index contributed by atoms with van der Waals surface area (Å²) in [6.45, 7) is 15.5. The Labute approximate surface area is 129 Å². The van der Waals surface area contributed by atoms with Crippen molar-refractivity contribution in [2.45, 2.75) is 72.6 Å². The number of hydrogen-bond donors (Lipinski definition) is 1. The SMILES string of the molecule is CCCC1CN(Cc2cc(C)nn2CC)C(C(C)C)CN1. The van der Waals surface area contributed by atoms with E-state index >= 15 is 0 Å². The predicted octanol–water partition coefficient (Wildman–Crippen LogP) is 2.81. The Morgan fingerprint density at radius 2 is 2.14 bits per heavy atom. The van der Waals surface area contributed by atoms with Gasteiger partial charge in [0.05, 0.1) is 11.4 Å². The van der Waals surface area contributed by atoms with Crippen LogP contribution in [0.1, 0.15) is 51.9 Å². The lowest BCUT2D eigenvalue weighted by atomic mass is 9.97. The number of aryl methyl sites for hydroxylation is 2. The van der Waals surface area contributed by atoms with Gasteiger partial charge in [-0.05, 0) is 32.3 Å². The van der Waals surface area contributed by atoms with E-state index in [0.717, 1.165) is 31.9 Å². The van der Waals surface area contributed by atoms with Crippen LogP contribution in [0.4, 0.5) is 0 Å². The fraction of sp³-hybridized carbons (Fsp3) is 0.824. The number of rotatable bonds is 6. The van der Waals surface area contributed by atoms with Crippen LogP contribution in [0, 0.1) is 12.8 Å². The van der Waals surface area contributed by atoms with E-state index in [2.05, 4.69) is 60.7 Å². The molecule has 1 fully saturated rings. The summed E-state index contributed by atoms with van der Waals surface area (Å²) in [6, 6.07) is 3.51. The molecule has 0 aromatic carbocycles. The zero-order valence-electron chi connectivity index (χ0n) is 14.4. The van der Waals surface area contributed by atoms with Crippen LogP contribution in [0.15, 0.2) is 6.07 Å². The van der Waals surface area contributed by atoms with Crippen LogP contribution in [0.3, 0.4) is 0 Å². The van der Waals surface area contributed by atoms with Crippen LogP contribution in [-0.2, 0) is 13.1 Å². The Morgan fingerprint density at radius 1 is 1.38 bits per heavy atom. The summed E-state index contributed by atoms with van der Waals surface area (Å²) < 4.78 is 2.16. The molecule has 0 radical (unpaired) electrons. The summed E-state index contributed by atoms with van der Waals surface area (Å²) in [5.74, 6) is 0.680. The molecule has 0 spiro atoms. The molecular weight excluding hydrogens is 260 g/mol. The van der Waals surface area contributed by atoms with Crippen molar-refractivity contribution in [3.8, 4) is 0 Å². The van der Waals surface area contributed by atoms with E-state index in [4.69, 9.17) is 0 Å². The average molecular weight is 292 g/mol. The van der Waals surface area contributed by atoms with Crippen LogP contribution >= 0.6 is 0 Å². The lowest BCUT2D eigenvalue weighted by Crippen LogP contribution is -2.57. The van der Waals surface area contributed by atoms with Crippen molar-refractivity contribution in [3.63, 3.8) is 0 Å². The average Bonchev–Trinajstić information content (AvgIpc) is 2.79. The highest BCUT2D eigenvalue weighted by Crippen LogP contribution is 2.20. The van der Waals surface area contributed by atoms with Crippen molar-refractivity contribution in [2.24, 2.45) is 5.92 Å². The van der Waals surface area contributed by atoms with Gasteiger partial charge in [0.2, 0.25) is 0 Å². The molecule has 120 valence electrons. The quantitative estimate of drug-likeness (QED) is 0.875. The molecule has 21 heavy (non-hydrogen) atoms. The van der Waals surface area contributed by atoms with E-state index in [1.54, 1.807) is 0 Å². The minimum Gasteiger partial charge on any atom is -0.311 e. The second-order valence-electron chi connectivity index (χ2n) is 6.73. The van der Waals surface area contributed by atoms with Gasteiger partial charge in [-0.15, -0.1) is 0 Å². The molecule has 1 saturated heterocycles. The predicted molar refractivity (Wildman–Crippen MR) is 88.4 cm³/mol. The van der Waals surface area contributed by atoms with Crippen LogP contribution in [0.25, 0.3) is 0 Å². The van der Waals surface area contributed by atoms with E-state index < -0.39 is 0 Å². The summed E-state index contributed by atoms with van der Waals surface area (Å²) >= 11 is 0. The Hall–Kier alpha value is -0.870. The third-order valence-electron chi connectivity index (χ3n) is 4.60. The van der Waals surface area contributed by atoms with E-state index in [9.17, 15) is 0 Å². The van der Waals surface area contributed by atoms with Crippen molar-refractivity contribution < 1.29 is 0 Å². The van der Waals surface area contributed by atoms with Crippen molar-refractivity contribution in [3.05, 3.63) is 17.5 Å². The molecular formula is C17H32N4. The lowest BCUT2D eigenvalue weighted by molar-refractivity contribution is 0.0858. The first-order valence-electron chi connectivity index (χ1n) is 8.55. The molecule has 2 rings (SSSR count). The molecule has 0 aliphatic carbocycles. The molecule has 1 N–H and O–H groups in total. The zero-order valence-corrected chi connectivity index (χ0v) is 14.4. The van der Waals surface area contributed by atoms with Gasteiger partial charge in [-0.25, -0.2) is 0 Å². The topological polar surface area (TPSA) is 33.1 Å². The van der Waals surface area contributed by atoms with E-state index in [-0.39, 0.29) is 0 Å². The number of aromatic nitrogens is 2. The van der Waals surface area contributed by atoms with Crippen molar-refractivity contribution in [1.82, 2.24) is 20.0 Å². The second-order valence-corrected chi connectivity index (χ2v) is 6.73. The van der Waals surface area contributed by atoms with E-state index in [1.165, 1.54) is 18.5 Å². The number of hydrogen-bond acceptors (Lipinski definition) is 3. The minimum atomic E-state index is 0.624. The largest absolute Gasteiger partial charge is 0.311 e. The van der Waals surface area contributed by atoms with Crippen LogP contribution < -0.4 is 5.32 Å². The van der Waals surface area contributed by atoms with Crippen LogP contribution in [-0.4, -0.2) is 39.9 Å². The molecule has 4 heteroatoms. The monoisotopic (exact) mass is 292 g/mol. The Morgan fingerprint density at radius 3 is 2.76 bits per heavy atom. The van der Waals surface area contributed by atoms with Gasteiger partial charge in [0.25, 0.3) is 0 Å². The third-order valence-corrected chi connectivity index (χ3v) is 4.60. The Kier molecular flexibility index (Phi) is 5.82. The summed E-state index contributed by atoms with van der Waals surface area (Å²) in [7, 11) is 0. The molecule has 4 nitrogen and oxygen atoms in total. The number of nitrogens with zero attached hydrogens (tertiary/aromatic N) is 3. The molecule has 1 aromatic rings. The second kappa shape index (κ2) is 7.41. The highest BCUT2D eigenvalue weighted by molar-refractivity contribution is 5.09. The fourth-order valence-electron chi connectivity index (χ4n) is 3.49. The first-order valence-corrected chi connectivity index (χ1v) is 8.55. The number of piperazine rings is 1. The smallest absolute Gasteiger partial charge is 0.0597 e. The molecule has 0 bridgehead atoms. The summed E-state index contributed by atoms with van der Waals surface area (Å²) in [5, 5.41) is 8.33. The van der Waals surface area contributed by atoms with E-state index in [0.29, 0.717) is 18.0 Å². The minimum absolute atomic E-state index is 0.624. The first-order chi connectivity index (χ1) is 10.0. The maximum Gasteiger partial charge on any atom is 0.0597 e. The fourth-order valence-corrected chi connectivity index (χ4v) is 3.49. The molecule has 2 heterocycles. The highest BCUT2D eigenvalue weighted by atomic mass is 15.3.